The SMILES string of the molecule is CCOCC(C)(N)c1noc(-c2c(F)cccc2Cl)n1. The van der Waals surface area contributed by atoms with Crippen molar-refractivity contribution in [1.82, 2.24) is 10.1 Å². The van der Waals surface area contributed by atoms with Gasteiger partial charge in [0, 0.05) is 6.61 Å². The normalized spacial score (nSPS) is 14.2. The van der Waals surface area contributed by atoms with Crippen molar-refractivity contribution in [3.63, 3.8) is 0 Å². The van der Waals surface area contributed by atoms with Gasteiger partial charge in [-0.3, -0.25) is 0 Å². The molecule has 0 saturated heterocycles. The molecule has 1 atom stereocenters. The molecule has 2 N–H and O–H groups in total. The zero-order chi connectivity index (χ0) is 14.8. The lowest BCUT2D eigenvalue weighted by atomic mass is 10.1. The molecule has 1 heterocycles. The molecule has 108 valence electrons. The Morgan fingerprint density at radius 1 is 1.50 bits per heavy atom. The van der Waals surface area contributed by atoms with Crippen LogP contribution in [-0.4, -0.2) is 23.4 Å². The highest BCUT2D eigenvalue weighted by molar-refractivity contribution is 6.33. The third-order valence-electron chi connectivity index (χ3n) is 2.72. The van der Waals surface area contributed by atoms with Gasteiger partial charge in [0.25, 0.3) is 5.89 Å². The molecule has 0 spiro atoms. The van der Waals surface area contributed by atoms with E-state index in [-0.39, 0.29) is 28.9 Å². The molecule has 1 aromatic heterocycles. The van der Waals surface area contributed by atoms with E-state index in [1.807, 2.05) is 6.92 Å². The van der Waals surface area contributed by atoms with Crippen molar-refractivity contribution in [3.8, 4) is 11.5 Å². The minimum atomic E-state index is -0.921. The Balaban J connectivity index is 2.34. The molecule has 1 unspecified atom stereocenters. The van der Waals surface area contributed by atoms with Gasteiger partial charge in [-0.1, -0.05) is 22.8 Å². The largest absolute Gasteiger partial charge is 0.379 e. The minimum Gasteiger partial charge on any atom is -0.379 e. The summed E-state index contributed by atoms with van der Waals surface area (Å²) in [6.07, 6.45) is 0. The molecule has 2 rings (SSSR count). The molecule has 0 aliphatic heterocycles. The van der Waals surface area contributed by atoms with Gasteiger partial charge < -0.3 is 15.0 Å². The summed E-state index contributed by atoms with van der Waals surface area (Å²) in [7, 11) is 0. The maximum atomic E-state index is 13.8. The first-order valence-electron chi connectivity index (χ1n) is 6.11. The van der Waals surface area contributed by atoms with Crippen LogP contribution < -0.4 is 5.73 Å². The minimum absolute atomic E-state index is 0.00345. The fourth-order valence-corrected chi connectivity index (χ4v) is 1.88. The zero-order valence-electron chi connectivity index (χ0n) is 11.2. The number of ether oxygens (including phenoxy) is 1. The van der Waals surface area contributed by atoms with Gasteiger partial charge in [-0.15, -0.1) is 0 Å². The summed E-state index contributed by atoms with van der Waals surface area (Å²) in [5.41, 5.74) is 5.20. The third kappa shape index (κ3) is 2.98. The Bertz CT molecular complexity index is 581. The predicted octanol–water partition coefficient (Wildman–Crippen LogP) is 2.74. The monoisotopic (exact) mass is 299 g/mol. The molecule has 0 aliphatic rings. The fourth-order valence-electron chi connectivity index (χ4n) is 1.64. The second-order valence-electron chi connectivity index (χ2n) is 4.57. The lowest BCUT2D eigenvalue weighted by molar-refractivity contribution is 0.0962. The summed E-state index contributed by atoms with van der Waals surface area (Å²) in [5, 5.41) is 3.98. The Kier molecular flexibility index (Phi) is 4.37. The number of nitrogens with zero attached hydrogens (tertiary/aromatic N) is 2. The van der Waals surface area contributed by atoms with E-state index in [0.29, 0.717) is 6.61 Å². The van der Waals surface area contributed by atoms with Crippen LogP contribution in [0.2, 0.25) is 5.02 Å². The van der Waals surface area contributed by atoms with E-state index in [1.165, 1.54) is 12.1 Å². The number of hydrogen-bond donors (Lipinski definition) is 1. The van der Waals surface area contributed by atoms with Crippen LogP contribution in [0.1, 0.15) is 19.7 Å². The van der Waals surface area contributed by atoms with Crippen molar-refractivity contribution in [3.05, 3.63) is 34.9 Å². The number of nitrogens with two attached hydrogens (primary N) is 1. The summed E-state index contributed by atoms with van der Waals surface area (Å²) >= 11 is 5.95. The van der Waals surface area contributed by atoms with Crippen molar-refractivity contribution in [2.75, 3.05) is 13.2 Å². The number of benzene rings is 1. The molecule has 0 radical (unpaired) electrons. The van der Waals surface area contributed by atoms with Gasteiger partial charge in [0.2, 0.25) is 0 Å². The summed E-state index contributed by atoms with van der Waals surface area (Å²) in [5.74, 6) is -0.298. The van der Waals surface area contributed by atoms with Gasteiger partial charge in [-0.05, 0) is 26.0 Å². The molecular weight excluding hydrogens is 285 g/mol. The van der Waals surface area contributed by atoms with Crippen LogP contribution in [0.4, 0.5) is 4.39 Å². The van der Waals surface area contributed by atoms with Crippen molar-refractivity contribution in [2.24, 2.45) is 5.73 Å². The molecule has 7 heteroatoms. The molecule has 0 amide bonds. The first-order chi connectivity index (χ1) is 9.45. The predicted molar refractivity (Wildman–Crippen MR) is 72.7 cm³/mol. The van der Waals surface area contributed by atoms with Crippen LogP contribution in [0.15, 0.2) is 22.7 Å². The van der Waals surface area contributed by atoms with E-state index in [2.05, 4.69) is 10.1 Å². The number of hydrogen-bond acceptors (Lipinski definition) is 5. The first kappa shape index (κ1) is 14.9. The van der Waals surface area contributed by atoms with Gasteiger partial charge in [0.05, 0.1) is 17.2 Å². The second-order valence-corrected chi connectivity index (χ2v) is 4.98. The van der Waals surface area contributed by atoms with Crippen molar-refractivity contribution < 1.29 is 13.7 Å². The van der Waals surface area contributed by atoms with Crippen LogP contribution in [0.3, 0.4) is 0 Å². The van der Waals surface area contributed by atoms with Crippen LogP contribution in [0.5, 0.6) is 0 Å². The molecule has 20 heavy (non-hydrogen) atoms. The lowest BCUT2D eigenvalue weighted by Gasteiger charge is -2.19. The highest BCUT2D eigenvalue weighted by Crippen LogP contribution is 2.30. The van der Waals surface area contributed by atoms with Gasteiger partial charge in [-0.2, -0.15) is 4.98 Å². The maximum Gasteiger partial charge on any atom is 0.262 e. The smallest absolute Gasteiger partial charge is 0.262 e. The van der Waals surface area contributed by atoms with Crippen LogP contribution >= 0.6 is 11.6 Å². The molecule has 0 bridgehead atoms. The van der Waals surface area contributed by atoms with E-state index in [9.17, 15) is 4.39 Å². The van der Waals surface area contributed by atoms with Crippen LogP contribution in [0.25, 0.3) is 11.5 Å². The third-order valence-corrected chi connectivity index (χ3v) is 3.03. The Labute approximate surface area is 120 Å². The van der Waals surface area contributed by atoms with E-state index in [1.54, 1.807) is 13.0 Å². The van der Waals surface area contributed by atoms with E-state index in [0.717, 1.165) is 0 Å². The maximum absolute atomic E-state index is 13.8. The molecule has 1 aromatic carbocycles. The van der Waals surface area contributed by atoms with Crippen LogP contribution in [-0.2, 0) is 10.3 Å². The summed E-state index contributed by atoms with van der Waals surface area (Å²) in [6, 6.07) is 4.32. The van der Waals surface area contributed by atoms with Crippen molar-refractivity contribution >= 4 is 11.6 Å². The van der Waals surface area contributed by atoms with Gasteiger partial charge >= 0.3 is 0 Å². The Morgan fingerprint density at radius 3 is 2.90 bits per heavy atom. The average Bonchev–Trinajstić information content (AvgIpc) is 2.86. The second kappa shape index (κ2) is 5.87. The quantitative estimate of drug-likeness (QED) is 0.919. The Morgan fingerprint density at radius 2 is 2.25 bits per heavy atom. The lowest BCUT2D eigenvalue weighted by Crippen LogP contribution is -2.39. The Hall–Kier alpha value is -1.50. The summed E-state index contributed by atoms with van der Waals surface area (Å²) in [6.45, 7) is 4.32. The summed E-state index contributed by atoms with van der Waals surface area (Å²) < 4.78 is 24.1. The number of rotatable bonds is 5. The van der Waals surface area contributed by atoms with Crippen LogP contribution in [0, 0.1) is 5.82 Å². The topological polar surface area (TPSA) is 74.2 Å². The highest BCUT2D eigenvalue weighted by atomic mass is 35.5. The van der Waals surface area contributed by atoms with E-state index < -0.39 is 11.4 Å². The van der Waals surface area contributed by atoms with Gasteiger partial charge in [0.1, 0.15) is 11.4 Å². The average molecular weight is 300 g/mol. The van der Waals surface area contributed by atoms with Gasteiger partial charge in [-0.25, -0.2) is 4.39 Å². The molecular formula is C13H15ClFN3O2. The molecule has 0 fully saturated rings. The molecule has 0 aliphatic carbocycles. The standard InChI is InChI=1S/C13H15ClFN3O2/c1-3-19-7-13(2,16)12-17-11(20-18-12)10-8(14)5-4-6-9(10)15/h4-6H,3,7,16H2,1-2H3. The number of aromatic nitrogens is 2. The first-order valence-corrected chi connectivity index (χ1v) is 6.48. The highest BCUT2D eigenvalue weighted by Gasteiger charge is 2.29. The van der Waals surface area contributed by atoms with E-state index >= 15 is 0 Å². The fraction of sp³-hybridized carbons (Fsp3) is 0.385. The molecule has 0 saturated carbocycles. The van der Waals surface area contributed by atoms with Gasteiger partial charge in [0.15, 0.2) is 5.82 Å². The zero-order valence-corrected chi connectivity index (χ0v) is 11.9. The van der Waals surface area contributed by atoms with E-state index in [4.69, 9.17) is 26.6 Å². The van der Waals surface area contributed by atoms with Crippen molar-refractivity contribution in [1.29, 1.82) is 0 Å². The summed E-state index contributed by atoms with van der Waals surface area (Å²) in [4.78, 5) is 4.12. The molecule has 5 nitrogen and oxygen atoms in total. The molecule has 2 aromatic rings. The van der Waals surface area contributed by atoms with Crippen molar-refractivity contribution in [2.45, 2.75) is 19.4 Å². The number of halogens is 2.